The first-order valence-corrected chi connectivity index (χ1v) is 12.0. The van der Waals surface area contributed by atoms with Crippen molar-refractivity contribution < 1.29 is 19.1 Å². The van der Waals surface area contributed by atoms with Crippen molar-refractivity contribution in [3.63, 3.8) is 0 Å². The second-order valence-corrected chi connectivity index (χ2v) is 8.65. The second-order valence-electron chi connectivity index (χ2n) is 8.65. The van der Waals surface area contributed by atoms with E-state index in [0.29, 0.717) is 55.4 Å². The van der Waals surface area contributed by atoms with Crippen LogP contribution in [0.25, 0.3) is 0 Å². The van der Waals surface area contributed by atoms with E-state index in [9.17, 15) is 9.59 Å². The van der Waals surface area contributed by atoms with Gasteiger partial charge in [-0.15, -0.1) is 0 Å². The number of benzene rings is 3. The van der Waals surface area contributed by atoms with Crippen LogP contribution in [0.4, 0.5) is 5.69 Å². The van der Waals surface area contributed by atoms with Crippen molar-refractivity contribution in [2.75, 3.05) is 38.7 Å². The van der Waals surface area contributed by atoms with Gasteiger partial charge in [0.25, 0.3) is 11.8 Å². The number of anilines is 1. The number of nitrogens with two attached hydrogens (primary N) is 1. The Morgan fingerprint density at radius 1 is 0.917 bits per heavy atom. The first kappa shape index (κ1) is 25.4. The third-order valence-electron chi connectivity index (χ3n) is 6.18. The number of hydrogen-bond donors (Lipinski definition) is 3. The number of morpholine rings is 1. The summed E-state index contributed by atoms with van der Waals surface area (Å²) in [5, 5.41) is 5.96. The van der Waals surface area contributed by atoms with Crippen molar-refractivity contribution in [3.8, 4) is 5.75 Å². The highest BCUT2D eigenvalue weighted by Crippen LogP contribution is 2.22. The minimum Gasteiger partial charge on any atom is -0.497 e. The Morgan fingerprint density at radius 3 is 2.25 bits per heavy atom. The molecule has 0 aromatic heterocycles. The third-order valence-corrected chi connectivity index (χ3v) is 6.18. The number of methoxy groups -OCH3 is 1. The molecule has 188 valence electrons. The van der Waals surface area contributed by atoms with Crippen LogP contribution in [0.1, 0.15) is 37.4 Å². The normalized spacial score (nSPS) is 13.7. The summed E-state index contributed by atoms with van der Waals surface area (Å²) in [6, 6.07) is 20.2. The van der Waals surface area contributed by atoms with Crippen LogP contribution in [0.3, 0.4) is 0 Å². The number of nitrogens with zero attached hydrogens (tertiary/aromatic N) is 1. The maximum absolute atomic E-state index is 13.0. The highest BCUT2D eigenvalue weighted by atomic mass is 16.5. The van der Waals surface area contributed by atoms with Crippen molar-refractivity contribution in [1.29, 1.82) is 0 Å². The summed E-state index contributed by atoms with van der Waals surface area (Å²) in [6.45, 7) is 4.52. The highest BCUT2D eigenvalue weighted by molar-refractivity contribution is 6.05. The lowest BCUT2D eigenvalue weighted by Crippen LogP contribution is -2.36. The number of carbonyl (C=O) groups excluding carboxylic acids is 2. The molecule has 1 fully saturated rings. The Bertz CT molecular complexity index is 1170. The van der Waals surface area contributed by atoms with E-state index in [4.69, 9.17) is 15.2 Å². The van der Waals surface area contributed by atoms with Gasteiger partial charge in [0.1, 0.15) is 5.75 Å². The van der Waals surface area contributed by atoms with Gasteiger partial charge in [0.15, 0.2) is 0 Å². The Hall–Kier alpha value is -3.72. The molecule has 1 aliphatic rings. The van der Waals surface area contributed by atoms with Crippen LogP contribution in [0.15, 0.2) is 66.7 Å². The van der Waals surface area contributed by atoms with Gasteiger partial charge in [-0.25, -0.2) is 0 Å². The molecule has 1 saturated heterocycles. The molecule has 4 rings (SSSR count). The van der Waals surface area contributed by atoms with E-state index in [1.165, 1.54) is 0 Å². The van der Waals surface area contributed by atoms with E-state index in [2.05, 4.69) is 15.5 Å². The molecule has 3 aromatic rings. The number of nitrogens with one attached hydrogen (secondary N) is 2. The molecule has 0 radical (unpaired) electrons. The largest absolute Gasteiger partial charge is 0.497 e. The highest BCUT2D eigenvalue weighted by Gasteiger charge is 2.17. The minimum atomic E-state index is -0.251. The smallest absolute Gasteiger partial charge is 0.255 e. The summed E-state index contributed by atoms with van der Waals surface area (Å²) in [7, 11) is 1.58. The summed E-state index contributed by atoms with van der Waals surface area (Å²) >= 11 is 0. The lowest BCUT2D eigenvalue weighted by atomic mass is 10.1. The van der Waals surface area contributed by atoms with Gasteiger partial charge in [-0.05, 0) is 53.1 Å². The average Bonchev–Trinajstić information content (AvgIpc) is 2.93. The summed E-state index contributed by atoms with van der Waals surface area (Å²) in [6.07, 6.45) is 0. The monoisotopic (exact) mass is 488 g/mol. The Labute approximate surface area is 211 Å². The van der Waals surface area contributed by atoms with Gasteiger partial charge >= 0.3 is 0 Å². The molecule has 8 heteroatoms. The van der Waals surface area contributed by atoms with E-state index < -0.39 is 0 Å². The first-order valence-electron chi connectivity index (χ1n) is 12.0. The number of amides is 2. The zero-order valence-electron chi connectivity index (χ0n) is 20.5. The molecule has 0 unspecified atom stereocenters. The molecule has 8 nitrogen and oxygen atoms in total. The van der Waals surface area contributed by atoms with Gasteiger partial charge < -0.3 is 25.8 Å². The molecule has 0 bridgehead atoms. The molecule has 2 amide bonds. The van der Waals surface area contributed by atoms with Gasteiger partial charge in [-0.2, -0.15) is 0 Å². The summed E-state index contributed by atoms with van der Waals surface area (Å²) in [5.41, 5.74) is 10.2. The van der Waals surface area contributed by atoms with E-state index in [1.807, 2.05) is 30.3 Å². The predicted molar refractivity (Wildman–Crippen MR) is 139 cm³/mol. The van der Waals surface area contributed by atoms with Crippen LogP contribution >= 0.6 is 0 Å². The summed E-state index contributed by atoms with van der Waals surface area (Å²) < 4.78 is 10.6. The quantitative estimate of drug-likeness (QED) is 0.427. The molecule has 0 aliphatic carbocycles. The topological polar surface area (TPSA) is 106 Å². The lowest BCUT2D eigenvalue weighted by molar-refractivity contribution is 0.0342. The number of hydrogen-bond acceptors (Lipinski definition) is 6. The third kappa shape index (κ3) is 6.69. The van der Waals surface area contributed by atoms with Gasteiger partial charge in [-0.1, -0.05) is 30.3 Å². The van der Waals surface area contributed by atoms with Crippen molar-refractivity contribution in [2.24, 2.45) is 5.73 Å². The zero-order valence-corrected chi connectivity index (χ0v) is 20.5. The minimum absolute atomic E-state index is 0.212. The maximum Gasteiger partial charge on any atom is 0.255 e. The molecule has 1 aliphatic heterocycles. The number of ether oxygens (including phenoxy) is 2. The summed E-state index contributed by atoms with van der Waals surface area (Å²) in [4.78, 5) is 28.2. The molecular formula is C28H32N4O4. The first-order chi connectivity index (χ1) is 17.6. The van der Waals surface area contributed by atoms with Crippen molar-refractivity contribution >= 4 is 17.5 Å². The van der Waals surface area contributed by atoms with Crippen molar-refractivity contribution in [3.05, 3.63) is 94.5 Å². The molecule has 3 aromatic carbocycles. The fourth-order valence-corrected chi connectivity index (χ4v) is 3.99. The molecule has 0 saturated carbocycles. The fraction of sp³-hybridized carbons (Fsp3) is 0.286. The van der Waals surface area contributed by atoms with E-state index in [0.717, 1.165) is 29.8 Å². The molecular weight excluding hydrogens is 456 g/mol. The standard InChI is InChI=1S/C28H32N4O4/c1-35-25-10-8-22(9-11-25)28(34)31-26-16-23(6-7-24(26)19-32-12-14-36-15-13-32)27(33)30-18-21-4-2-20(17-29)3-5-21/h2-11,16H,12-15,17-19,29H2,1H3,(H,30,33)(H,31,34). The predicted octanol–water partition coefficient (Wildman–Crippen LogP) is 3.17. The average molecular weight is 489 g/mol. The van der Waals surface area contributed by atoms with Crippen LogP contribution in [0, 0.1) is 0 Å². The van der Waals surface area contributed by atoms with E-state index in [-0.39, 0.29) is 11.8 Å². The van der Waals surface area contributed by atoms with Crippen molar-refractivity contribution in [2.45, 2.75) is 19.6 Å². The second kappa shape index (κ2) is 12.3. The molecule has 4 N–H and O–H groups in total. The van der Waals surface area contributed by atoms with E-state index in [1.54, 1.807) is 43.5 Å². The van der Waals surface area contributed by atoms with Crippen LogP contribution < -0.4 is 21.1 Å². The van der Waals surface area contributed by atoms with E-state index >= 15 is 0 Å². The Morgan fingerprint density at radius 2 is 1.58 bits per heavy atom. The van der Waals surface area contributed by atoms with Crippen LogP contribution in [0.2, 0.25) is 0 Å². The van der Waals surface area contributed by atoms with Crippen LogP contribution in [0.5, 0.6) is 5.75 Å². The van der Waals surface area contributed by atoms with Crippen LogP contribution in [-0.2, 0) is 24.4 Å². The Kier molecular flexibility index (Phi) is 8.67. The lowest BCUT2D eigenvalue weighted by Gasteiger charge is -2.27. The molecule has 0 atom stereocenters. The Balaban J connectivity index is 1.51. The number of rotatable bonds is 9. The maximum atomic E-state index is 13.0. The van der Waals surface area contributed by atoms with Crippen LogP contribution in [-0.4, -0.2) is 50.1 Å². The molecule has 0 spiro atoms. The molecule has 1 heterocycles. The van der Waals surface area contributed by atoms with Gasteiger partial charge in [-0.3, -0.25) is 14.5 Å². The number of carbonyl (C=O) groups is 2. The summed E-state index contributed by atoms with van der Waals surface area (Å²) in [5.74, 6) is 0.213. The van der Waals surface area contributed by atoms with Gasteiger partial charge in [0.05, 0.1) is 20.3 Å². The SMILES string of the molecule is COc1ccc(C(=O)Nc2cc(C(=O)NCc3ccc(CN)cc3)ccc2CN2CCOCC2)cc1. The van der Waals surface area contributed by atoms with Gasteiger partial charge in [0, 0.05) is 49.5 Å². The fourth-order valence-electron chi connectivity index (χ4n) is 3.99. The molecule has 36 heavy (non-hydrogen) atoms. The van der Waals surface area contributed by atoms with Crippen molar-refractivity contribution in [1.82, 2.24) is 10.2 Å². The zero-order chi connectivity index (χ0) is 25.3. The van der Waals surface area contributed by atoms with Gasteiger partial charge in [0.2, 0.25) is 0 Å².